The zero-order valence-electron chi connectivity index (χ0n) is 11.4. The first kappa shape index (κ1) is 13.7. The highest BCUT2D eigenvalue weighted by molar-refractivity contribution is 5.76. The average Bonchev–Trinajstić information content (AvgIpc) is 2.44. The fraction of sp³-hybridized carbons (Fsp3) is 0.500. The fourth-order valence-corrected chi connectivity index (χ4v) is 1.98. The first-order chi connectivity index (χ1) is 9.20. The van der Waals surface area contributed by atoms with E-state index in [2.05, 4.69) is 5.32 Å². The lowest BCUT2D eigenvalue weighted by molar-refractivity contribution is -0.131. The van der Waals surface area contributed by atoms with Crippen molar-refractivity contribution in [3.8, 4) is 11.5 Å². The number of ether oxygens (including phenoxy) is 2. The van der Waals surface area contributed by atoms with Gasteiger partial charge in [-0.05, 0) is 19.2 Å². The molecule has 1 amide bonds. The Labute approximate surface area is 113 Å². The number of hydrogen-bond donors (Lipinski definition) is 1. The second kappa shape index (κ2) is 6.43. The maximum atomic E-state index is 11.8. The zero-order valence-corrected chi connectivity index (χ0v) is 11.4. The van der Waals surface area contributed by atoms with Crippen LogP contribution in [-0.4, -0.2) is 50.7 Å². The van der Waals surface area contributed by atoms with Crippen molar-refractivity contribution >= 4 is 5.91 Å². The summed E-state index contributed by atoms with van der Waals surface area (Å²) in [6.07, 6.45) is 0.385. The van der Waals surface area contributed by atoms with Gasteiger partial charge in [0.05, 0.1) is 6.54 Å². The van der Waals surface area contributed by atoms with Crippen molar-refractivity contribution in [3.05, 3.63) is 24.3 Å². The van der Waals surface area contributed by atoms with Crippen LogP contribution < -0.4 is 14.8 Å². The van der Waals surface area contributed by atoms with Crippen LogP contribution in [0.5, 0.6) is 11.5 Å². The van der Waals surface area contributed by atoms with Crippen molar-refractivity contribution < 1.29 is 14.3 Å². The molecule has 19 heavy (non-hydrogen) atoms. The normalized spacial score (nSPS) is 17.1. The minimum Gasteiger partial charge on any atom is -0.486 e. The summed E-state index contributed by atoms with van der Waals surface area (Å²) in [7, 11) is 3.63. The van der Waals surface area contributed by atoms with E-state index in [1.54, 1.807) is 11.9 Å². The summed E-state index contributed by atoms with van der Waals surface area (Å²) in [4.78, 5) is 13.5. The van der Waals surface area contributed by atoms with Crippen LogP contribution in [0.15, 0.2) is 24.3 Å². The van der Waals surface area contributed by atoms with Crippen molar-refractivity contribution in [2.45, 2.75) is 12.5 Å². The molecule has 104 valence electrons. The molecule has 1 aromatic carbocycles. The highest BCUT2D eigenvalue weighted by Crippen LogP contribution is 2.30. The lowest BCUT2D eigenvalue weighted by Gasteiger charge is -2.29. The van der Waals surface area contributed by atoms with Crippen LogP contribution in [0.25, 0.3) is 0 Å². The number of nitrogens with one attached hydrogen (secondary N) is 1. The van der Waals surface area contributed by atoms with Crippen molar-refractivity contribution in [2.75, 3.05) is 33.8 Å². The van der Waals surface area contributed by atoms with E-state index >= 15 is 0 Å². The van der Waals surface area contributed by atoms with Crippen molar-refractivity contribution in [1.82, 2.24) is 10.2 Å². The number of fused-ring (bicyclic) bond motifs is 1. The molecule has 5 nitrogen and oxygen atoms in total. The summed E-state index contributed by atoms with van der Waals surface area (Å²) >= 11 is 0. The number of likely N-dealkylation sites (N-methyl/N-ethyl adjacent to an activating group) is 1. The summed E-state index contributed by atoms with van der Waals surface area (Å²) in [6.45, 7) is 1.70. The van der Waals surface area contributed by atoms with Gasteiger partial charge in [-0.15, -0.1) is 0 Å². The first-order valence-electron chi connectivity index (χ1n) is 6.47. The lowest BCUT2D eigenvalue weighted by atomic mass is 10.2. The molecule has 0 bridgehead atoms. The predicted molar refractivity (Wildman–Crippen MR) is 72.5 cm³/mol. The Bertz CT molecular complexity index is 436. The Morgan fingerprint density at radius 2 is 2.16 bits per heavy atom. The number of nitrogens with zero attached hydrogens (tertiary/aromatic N) is 1. The monoisotopic (exact) mass is 264 g/mol. The highest BCUT2D eigenvalue weighted by Gasteiger charge is 2.23. The van der Waals surface area contributed by atoms with Gasteiger partial charge < -0.3 is 19.7 Å². The number of rotatable bonds is 5. The third kappa shape index (κ3) is 3.61. The third-order valence-electron chi connectivity index (χ3n) is 3.06. The van der Waals surface area contributed by atoms with Gasteiger partial charge in [0, 0.05) is 20.0 Å². The molecule has 1 aliphatic rings. The molecule has 2 rings (SSSR count). The van der Waals surface area contributed by atoms with Crippen LogP contribution >= 0.6 is 0 Å². The van der Waals surface area contributed by atoms with Crippen LogP contribution in [0.4, 0.5) is 0 Å². The van der Waals surface area contributed by atoms with E-state index in [1.807, 2.05) is 31.3 Å². The summed E-state index contributed by atoms with van der Waals surface area (Å²) in [5, 5.41) is 2.97. The summed E-state index contributed by atoms with van der Waals surface area (Å²) < 4.78 is 11.4. The maximum Gasteiger partial charge on any atom is 0.223 e. The Morgan fingerprint density at radius 3 is 2.89 bits per heavy atom. The molecular weight excluding hydrogens is 244 g/mol. The largest absolute Gasteiger partial charge is 0.486 e. The zero-order chi connectivity index (χ0) is 13.7. The van der Waals surface area contributed by atoms with E-state index in [0.29, 0.717) is 26.1 Å². The van der Waals surface area contributed by atoms with Gasteiger partial charge in [0.25, 0.3) is 0 Å². The number of carbonyl (C=O) groups excluding carboxylic acids is 1. The molecule has 1 unspecified atom stereocenters. The molecule has 0 spiro atoms. The average molecular weight is 264 g/mol. The van der Waals surface area contributed by atoms with Crippen molar-refractivity contribution in [2.24, 2.45) is 0 Å². The van der Waals surface area contributed by atoms with E-state index in [9.17, 15) is 4.79 Å². The van der Waals surface area contributed by atoms with Gasteiger partial charge in [0.2, 0.25) is 5.91 Å². The Kier molecular flexibility index (Phi) is 4.63. The molecule has 5 heteroatoms. The minimum atomic E-state index is -0.113. The van der Waals surface area contributed by atoms with Crippen LogP contribution in [0.3, 0.4) is 0 Å². The van der Waals surface area contributed by atoms with Crippen LogP contribution in [0.1, 0.15) is 6.42 Å². The van der Waals surface area contributed by atoms with Crippen LogP contribution in [0.2, 0.25) is 0 Å². The van der Waals surface area contributed by atoms with Gasteiger partial charge in [0.1, 0.15) is 6.61 Å². The molecule has 0 aromatic heterocycles. The second-order valence-electron chi connectivity index (χ2n) is 4.63. The van der Waals surface area contributed by atoms with E-state index in [0.717, 1.165) is 11.5 Å². The van der Waals surface area contributed by atoms with Crippen LogP contribution in [-0.2, 0) is 4.79 Å². The molecule has 1 aliphatic heterocycles. The molecule has 0 radical (unpaired) electrons. The number of hydrogen-bond acceptors (Lipinski definition) is 4. The predicted octanol–water partition coefficient (Wildman–Crippen LogP) is 0.894. The maximum absolute atomic E-state index is 11.8. The van der Waals surface area contributed by atoms with E-state index in [1.165, 1.54) is 0 Å². The molecule has 0 aliphatic carbocycles. The summed E-state index contributed by atoms with van der Waals surface area (Å²) in [6, 6.07) is 7.58. The van der Waals surface area contributed by atoms with Gasteiger partial charge >= 0.3 is 0 Å². The number of amides is 1. The highest BCUT2D eigenvalue weighted by atomic mass is 16.6. The number of benzene rings is 1. The fourth-order valence-electron chi connectivity index (χ4n) is 1.98. The second-order valence-corrected chi connectivity index (χ2v) is 4.63. The molecule has 1 N–H and O–H groups in total. The standard InChI is InChI=1S/C14H20N2O3/c1-15-8-7-14(17)16(2)9-11-10-18-12-5-3-4-6-13(12)19-11/h3-6,11,15H,7-10H2,1-2H3. The molecule has 1 atom stereocenters. The Balaban J connectivity index is 1.86. The Hall–Kier alpha value is -1.75. The SMILES string of the molecule is CNCCC(=O)N(C)CC1COc2ccccc2O1. The van der Waals surface area contributed by atoms with Gasteiger partial charge in [0.15, 0.2) is 17.6 Å². The number of carbonyl (C=O) groups is 1. The number of para-hydroxylation sites is 2. The van der Waals surface area contributed by atoms with Gasteiger partial charge in [-0.25, -0.2) is 0 Å². The minimum absolute atomic E-state index is 0.108. The molecular formula is C14H20N2O3. The Morgan fingerprint density at radius 1 is 1.42 bits per heavy atom. The molecule has 0 saturated carbocycles. The van der Waals surface area contributed by atoms with E-state index < -0.39 is 0 Å². The molecule has 1 heterocycles. The first-order valence-corrected chi connectivity index (χ1v) is 6.47. The molecule has 0 saturated heterocycles. The van der Waals surface area contributed by atoms with E-state index in [-0.39, 0.29) is 12.0 Å². The topological polar surface area (TPSA) is 50.8 Å². The van der Waals surface area contributed by atoms with E-state index in [4.69, 9.17) is 9.47 Å². The van der Waals surface area contributed by atoms with Crippen molar-refractivity contribution in [1.29, 1.82) is 0 Å². The smallest absolute Gasteiger partial charge is 0.223 e. The summed E-state index contributed by atoms with van der Waals surface area (Å²) in [5.41, 5.74) is 0. The quantitative estimate of drug-likeness (QED) is 0.858. The van der Waals surface area contributed by atoms with Crippen molar-refractivity contribution in [3.63, 3.8) is 0 Å². The van der Waals surface area contributed by atoms with Gasteiger partial charge in [-0.2, -0.15) is 0 Å². The van der Waals surface area contributed by atoms with Gasteiger partial charge in [-0.1, -0.05) is 12.1 Å². The third-order valence-corrected chi connectivity index (χ3v) is 3.06. The van der Waals surface area contributed by atoms with Gasteiger partial charge in [-0.3, -0.25) is 4.79 Å². The lowest BCUT2D eigenvalue weighted by Crippen LogP contribution is -2.42. The van der Waals surface area contributed by atoms with Crippen LogP contribution in [0, 0.1) is 0 Å². The molecule has 0 fully saturated rings. The summed E-state index contributed by atoms with van der Waals surface area (Å²) in [5.74, 6) is 1.62. The molecule has 1 aromatic rings.